The number of carbonyl (C=O) groups excluding carboxylic acids is 1. The number of rotatable bonds is 7. The molecular formula is C13H23NO4. The predicted octanol–water partition coefficient (Wildman–Crippen LogP) is 1.66. The second kappa shape index (κ2) is 7.36. The first-order valence-corrected chi connectivity index (χ1v) is 6.68. The highest BCUT2D eigenvalue weighted by molar-refractivity contribution is 5.77. The van der Waals surface area contributed by atoms with Gasteiger partial charge in [-0.3, -0.25) is 9.59 Å². The molecule has 104 valence electrons. The number of aliphatic carboxylic acids is 1. The van der Waals surface area contributed by atoms with E-state index in [0.717, 1.165) is 19.3 Å². The minimum Gasteiger partial charge on any atom is -0.481 e. The highest BCUT2D eigenvalue weighted by atomic mass is 16.5. The molecule has 1 heterocycles. The molecule has 1 aliphatic heterocycles. The summed E-state index contributed by atoms with van der Waals surface area (Å²) in [7, 11) is 0. The van der Waals surface area contributed by atoms with Crippen molar-refractivity contribution in [2.24, 2.45) is 0 Å². The number of ether oxygens (including phenoxy) is 1. The fourth-order valence-electron chi connectivity index (χ4n) is 2.23. The molecule has 2 atom stereocenters. The molecule has 1 saturated heterocycles. The van der Waals surface area contributed by atoms with Gasteiger partial charge in [0.15, 0.2) is 0 Å². The van der Waals surface area contributed by atoms with E-state index < -0.39 is 5.97 Å². The van der Waals surface area contributed by atoms with Crippen LogP contribution in [0.25, 0.3) is 0 Å². The maximum atomic E-state index is 11.9. The van der Waals surface area contributed by atoms with Gasteiger partial charge in [-0.05, 0) is 33.1 Å². The van der Waals surface area contributed by atoms with E-state index in [-0.39, 0.29) is 18.4 Å². The molecule has 5 heteroatoms. The number of carbonyl (C=O) groups is 2. The van der Waals surface area contributed by atoms with E-state index in [9.17, 15) is 9.59 Å². The Morgan fingerprint density at radius 1 is 1.33 bits per heavy atom. The lowest BCUT2D eigenvalue weighted by atomic mass is 10.1. The van der Waals surface area contributed by atoms with E-state index >= 15 is 0 Å². The summed E-state index contributed by atoms with van der Waals surface area (Å²) in [5, 5.41) is 8.61. The largest absolute Gasteiger partial charge is 0.481 e. The fourth-order valence-corrected chi connectivity index (χ4v) is 2.23. The Balaban J connectivity index is 2.26. The first-order valence-electron chi connectivity index (χ1n) is 6.68. The maximum absolute atomic E-state index is 11.9. The minimum atomic E-state index is -0.866. The van der Waals surface area contributed by atoms with Crippen molar-refractivity contribution in [1.29, 1.82) is 0 Å². The molecule has 0 unspecified atom stereocenters. The van der Waals surface area contributed by atoms with Crippen LogP contribution in [0.1, 0.15) is 46.0 Å². The third-order valence-corrected chi connectivity index (χ3v) is 3.33. The number of carboxylic acid groups (broad SMARTS) is 1. The van der Waals surface area contributed by atoms with Crippen molar-refractivity contribution in [2.75, 3.05) is 13.1 Å². The molecule has 1 fully saturated rings. The number of amides is 1. The van der Waals surface area contributed by atoms with Gasteiger partial charge in [0.25, 0.3) is 0 Å². The van der Waals surface area contributed by atoms with Crippen LogP contribution in [0.5, 0.6) is 0 Å². The summed E-state index contributed by atoms with van der Waals surface area (Å²) in [5.41, 5.74) is 0. The lowest BCUT2D eigenvalue weighted by Crippen LogP contribution is -2.33. The molecule has 0 aliphatic carbocycles. The number of hydrogen-bond acceptors (Lipinski definition) is 3. The van der Waals surface area contributed by atoms with Gasteiger partial charge in [0.2, 0.25) is 5.91 Å². The summed E-state index contributed by atoms with van der Waals surface area (Å²) in [4.78, 5) is 24.0. The molecule has 1 N–H and O–H groups in total. The average molecular weight is 257 g/mol. The van der Waals surface area contributed by atoms with Gasteiger partial charge in [-0.25, -0.2) is 0 Å². The summed E-state index contributed by atoms with van der Waals surface area (Å²) in [6.07, 6.45) is 3.79. The van der Waals surface area contributed by atoms with Crippen molar-refractivity contribution in [2.45, 2.75) is 58.2 Å². The molecular weight excluding hydrogens is 234 g/mol. The van der Waals surface area contributed by atoms with Gasteiger partial charge in [0.1, 0.15) is 0 Å². The third-order valence-electron chi connectivity index (χ3n) is 3.33. The highest BCUT2D eigenvalue weighted by Crippen LogP contribution is 2.22. The number of nitrogens with zero attached hydrogens (tertiary/aromatic N) is 1. The van der Waals surface area contributed by atoms with Gasteiger partial charge in [-0.2, -0.15) is 0 Å². The van der Waals surface area contributed by atoms with E-state index in [1.807, 2.05) is 13.8 Å². The van der Waals surface area contributed by atoms with Crippen molar-refractivity contribution in [3.63, 3.8) is 0 Å². The van der Waals surface area contributed by atoms with Gasteiger partial charge in [0, 0.05) is 19.5 Å². The molecule has 0 radical (unpaired) electrons. The molecule has 0 saturated carbocycles. The zero-order valence-corrected chi connectivity index (χ0v) is 11.2. The monoisotopic (exact) mass is 257 g/mol. The van der Waals surface area contributed by atoms with Crippen molar-refractivity contribution in [3.8, 4) is 0 Å². The summed E-state index contributed by atoms with van der Waals surface area (Å²) < 4.78 is 5.66. The van der Waals surface area contributed by atoms with E-state index in [2.05, 4.69) is 0 Å². The minimum absolute atomic E-state index is 0.0105. The highest BCUT2D eigenvalue weighted by Gasteiger charge is 2.23. The zero-order valence-electron chi connectivity index (χ0n) is 11.2. The van der Waals surface area contributed by atoms with Crippen molar-refractivity contribution in [1.82, 2.24) is 4.90 Å². The molecule has 0 spiro atoms. The number of carboxylic acids is 1. The maximum Gasteiger partial charge on any atom is 0.305 e. The van der Waals surface area contributed by atoms with Crippen molar-refractivity contribution < 1.29 is 19.4 Å². The number of hydrogen-bond donors (Lipinski definition) is 1. The van der Waals surface area contributed by atoms with Crippen LogP contribution in [0.3, 0.4) is 0 Å². The van der Waals surface area contributed by atoms with Gasteiger partial charge >= 0.3 is 5.97 Å². The van der Waals surface area contributed by atoms with Crippen LogP contribution < -0.4 is 0 Å². The van der Waals surface area contributed by atoms with Crippen molar-refractivity contribution >= 4 is 11.9 Å². The molecule has 1 amide bonds. The normalized spacial score (nSPS) is 23.0. The molecule has 0 aromatic heterocycles. The van der Waals surface area contributed by atoms with Crippen LogP contribution in [0.2, 0.25) is 0 Å². The Bertz CT molecular complexity index is 293. The first kappa shape index (κ1) is 15.0. The molecule has 1 aliphatic rings. The topological polar surface area (TPSA) is 66.8 Å². The standard InChI is InChI=1S/C13H23NO4/c1-3-14(9-8-13(16)17)12(15)7-6-11-5-4-10(2)18-11/h10-11H,3-9H2,1-2H3,(H,16,17)/t10-,11+/m1/s1. The van der Waals surface area contributed by atoms with Crippen LogP contribution >= 0.6 is 0 Å². The Labute approximate surface area is 108 Å². The van der Waals surface area contributed by atoms with Crippen LogP contribution in [0.4, 0.5) is 0 Å². The zero-order chi connectivity index (χ0) is 13.5. The second-order valence-electron chi connectivity index (χ2n) is 4.80. The van der Waals surface area contributed by atoms with E-state index in [1.165, 1.54) is 0 Å². The van der Waals surface area contributed by atoms with E-state index in [4.69, 9.17) is 9.84 Å². The molecule has 5 nitrogen and oxygen atoms in total. The average Bonchev–Trinajstić information content (AvgIpc) is 2.73. The lowest BCUT2D eigenvalue weighted by molar-refractivity contribution is -0.138. The van der Waals surface area contributed by atoms with Crippen LogP contribution in [-0.2, 0) is 14.3 Å². The molecule has 0 aromatic rings. The smallest absolute Gasteiger partial charge is 0.305 e. The summed E-state index contributed by atoms with van der Waals surface area (Å²) >= 11 is 0. The second-order valence-corrected chi connectivity index (χ2v) is 4.80. The van der Waals surface area contributed by atoms with Gasteiger partial charge in [-0.1, -0.05) is 0 Å². The molecule has 0 aromatic carbocycles. The summed E-state index contributed by atoms with van der Waals surface area (Å²) in [5.74, 6) is -0.837. The van der Waals surface area contributed by atoms with E-state index in [0.29, 0.717) is 25.6 Å². The molecule has 0 bridgehead atoms. The third kappa shape index (κ3) is 5.04. The van der Waals surface area contributed by atoms with E-state index in [1.54, 1.807) is 4.90 Å². The lowest BCUT2D eigenvalue weighted by Gasteiger charge is -2.20. The fraction of sp³-hybridized carbons (Fsp3) is 0.846. The Morgan fingerprint density at radius 2 is 2.06 bits per heavy atom. The molecule has 1 rings (SSSR count). The first-order chi connectivity index (χ1) is 8.52. The van der Waals surface area contributed by atoms with Crippen LogP contribution in [0.15, 0.2) is 0 Å². The Morgan fingerprint density at radius 3 is 2.56 bits per heavy atom. The molecule has 18 heavy (non-hydrogen) atoms. The summed E-state index contributed by atoms with van der Waals surface area (Å²) in [6.45, 7) is 4.78. The quantitative estimate of drug-likeness (QED) is 0.753. The Hall–Kier alpha value is -1.10. The van der Waals surface area contributed by atoms with Crippen LogP contribution in [-0.4, -0.2) is 47.2 Å². The van der Waals surface area contributed by atoms with Crippen LogP contribution in [0, 0.1) is 0 Å². The van der Waals surface area contributed by atoms with Gasteiger partial charge in [-0.15, -0.1) is 0 Å². The predicted molar refractivity (Wildman–Crippen MR) is 67.3 cm³/mol. The van der Waals surface area contributed by atoms with Crippen molar-refractivity contribution in [3.05, 3.63) is 0 Å². The SMILES string of the molecule is CCN(CCC(=O)O)C(=O)CC[C@@H]1CC[C@@H](C)O1. The van der Waals surface area contributed by atoms with Gasteiger partial charge < -0.3 is 14.7 Å². The van der Waals surface area contributed by atoms with Gasteiger partial charge in [0.05, 0.1) is 18.6 Å². The summed E-state index contributed by atoms with van der Waals surface area (Å²) in [6, 6.07) is 0. The Kier molecular flexibility index (Phi) is 6.12.